The van der Waals surface area contributed by atoms with Crippen molar-refractivity contribution in [1.82, 2.24) is 15.1 Å². The number of nitrogens with two attached hydrogens (primary N) is 1. The maximum absolute atomic E-state index is 14.1. The first-order valence-electron chi connectivity index (χ1n) is 20.4. The quantitative estimate of drug-likeness (QED) is 0.0992. The number of likely N-dealkylation sites (tertiary alicyclic amines) is 1. The molecule has 3 N–H and O–H groups in total. The van der Waals surface area contributed by atoms with Gasteiger partial charge in [0.2, 0.25) is 11.9 Å². The number of hydrogen-bond acceptors (Lipinski definition) is 7. The first kappa shape index (κ1) is 43.7. The summed E-state index contributed by atoms with van der Waals surface area (Å²) in [6, 6.07) is 23.5. The van der Waals surface area contributed by atoms with E-state index >= 15 is 0 Å². The number of nitrogens with zero attached hydrogens (tertiary/aromatic N) is 3. The van der Waals surface area contributed by atoms with E-state index in [1.807, 2.05) is 65.6 Å². The number of hydrogen-bond donors (Lipinski definition) is 2. The van der Waals surface area contributed by atoms with Crippen molar-refractivity contribution in [3.8, 4) is 0 Å². The number of piperidine rings is 1. The van der Waals surface area contributed by atoms with Gasteiger partial charge in [-0.2, -0.15) is 0 Å². The average Bonchev–Trinajstić information content (AvgIpc) is 3.21. The highest BCUT2D eigenvalue weighted by Crippen LogP contribution is 2.49. The molecule has 1 saturated heterocycles. The van der Waals surface area contributed by atoms with E-state index in [9.17, 15) is 23.6 Å². The van der Waals surface area contributed by atoms with E-state index < -0.39 is 29.9 Å². The molecule has 2 aliphatic rings. The zero-order chi connectivity index (χ0) is 41.5. The van der Waals surface area contributed by atoms with Gasteiger partial charge in [-0.05, 0) is 99.5 Å². The largest absolute Gasteiger partial charge is 0.444 e. The van der Waals surface area contributed by atoms with Crippen molar-refractivity contribution in [1.29, 1.82) is 0 Å². The third-order valence-corrected chi connectivity index (χ3v) is 11.1. The van der Waals surface area contributed by atoms with Gasteiger partial charge in [0, 0.05) is 26.1 Å². The summed E-state index contributed by atoms with van der Waals surface area (Å²) < 4.78 is 30.2. The van der Waals surface area contributed by atoms with Crippen LogP contribution in [0.15, 0.2) is 89.9 Å². The zero-order valence-electron chi connectivity index (χ0n) is 34.0. The number of amides is 4. The van der Waals surface area contributed by atoms with Crippen LogP contribution in [0.4, 0.5) is 18.8 Å². The lowest BCUT2D eigenvalue weighted by Crippen LogP contribution is -2.54. The number of rotatable bonds is 13. The van der Waals surface area contributed by atoms with Crippen molar-refractivity contribution < 1.29 is 37.8 Å². The van der Waals surface area contributed by atoms with Crippen molar-refractivity contribution in [2.45, 2.75) is 110 Å². The number of aliphatic imine (C=N–C) groups is 1. The van der Waals surface area contributed by atoms with E-state index in [4.69, 9.17) is 19.9 Å². The van der Waals surface area contributed by atoms with Crippen LogP contribution < -0.4 is 11.1 Å². The second-order valence-electron chi connectivity index (χ2n) is 16.4. The van der Waals surface area contributed by atoms with Crippen LogP contribution in [0.2, 0.25) is 0 Å². The van der Waals surface area contributed by atoms with E-state index in [1.165, 1.54) is 23.5 Å². The highest BCUT2D eigenvalue weighted by Gasteiger charge is 2.43. The van der Waals surface area contributed by atoms with Gasteiger partial charge in [0.1, 0.15) is 30.7 Å². The summed E-state index contributed by atoms with van der Waals surface area (Å²) in [6.45, 7) is 6.43. The van der Waals surface area contributed by atoms with Crippen LogP contribution in [0, 0.1) is 17.2 Å². The van der Waals surface area contributed by atoms with Gasteiger partial charge in [-0.15, -0.1) is 4.99 Å². The van der Waals surface area contributed by atoms with Crippen LogP contribution in [0.1, 0.15) is 95.2 Å². The SMILES string of the molecule is CC(C)(C)OC(=O)NC(Cc1ccc(F)cc1)C(=O)N1CCC(CCCN(C(=O)OCc2ccccc2)/C(N)=N/C(=O)OCc2ccccc2)(C2CCCCC2)CC1. The number of alkyl carbamates (subject to hydrolysis) is 1. The minimum atomic E-state index is -0.920. The summed E-state index contributed by atoms with van der Waals surface area (Å²) in [5, 5.41) is 2.78. The molecule has 13 heteroatoms. The Balaban J connectivity index is 1.28. The molecule has 1 unspecified atom stereocenters. The summed E-state index contributed by atoms with van der Waals surface area (Å²) in [5.74, 6) is -0.480. The summed E-state index contributed by atoms with van der Waals surface area (Å²) >= 11 is 0. The maximum Gasteiger partial charge on any atom is 0.437 e. The summed E-state index contributed by atoms with van der Waals surface area (Å²) in [5.41, 5.74) is 7.77. The molecule has 1 aliphatic heterocycles. The second kappa shape index (κ2) is 20.8. The van der Waals surface area contributed by atoms with Gasteiger partial charge in [0.05, 0.1) is 0 Å². The van der Waals surface area contributed by atoms with Crippen LogP contribution in [0.3, 0.4) is 0 Å². The van der Waals surface area contributed by atoms with E-state index in [-0.39, 0.29) is 49.3 Å². The molecule has 0 radical (unpaired) electrons. The Bertz CT molecular complexity index is 1820. The van der Waals surface area contributed by atoms with Crippen molar-refractivity contribution in [2.24, 2.45) is 22.1 Å². The van der Waals surface area contributed by atoms with Crippen LogP contribution >= 0.6 is 0 Å². The fourth-order valence-electron chi connectivity index (χ4n) is 8.07. The predicted octanol–water partition coefficient (Wildman–Crippen LogP) is 8.52. The summed E-state index contributed by atoms with van der Waals surface area (Å²) in [4.78, 5) is 60.3. The minimum absolute atomic E-state index is 0.00237. The molecule has 4 amide bonds. The van der Waals surface area contributed by atoms with Gasteiger partial charge in [-0.1, -0.05) is 92.1 Å². The van der Waals surface area contributed by atoms with Crippen molar-refractivity contribution in [3.63, 3.8) is 0 Å². The molecule has 1 saturated carbocycles. The second-order valence-corrected chi connectivity index (χ2v) is 16.4. The number of carbonyl (C=O) groups is 4. The van der Waals surface area contributed by atoms with E-state index in [0.29, 0.717) is 31.0 Å². The van der Waals surface area contributed by atoms with Gasteiger partial charge in [0.25, 0.3) is 0 Å². The molecule has 0 aromatic heterocycles. The van der Waals surface area contributed by atoms with Crippen molar-refractivity contribution >= 4 is 30.1 Å². The average molecular weight is 800 g/mol. The molecule has 1 atom stereocenters. The standard InChI is InChI=1S/C45H58FN5O7/c1-44(2,3)58-42(54)48-38(30-33-20-22-37(46)23-21-33)39(52)50-28-25-45(26-29-50,36-18-11-6-12-19-36)24-13-27-51(43(55)57-32-35-16-9-5-10-17-35)40(47)49-41(53)56-31-34-14-7-4-8-15-34/h4-5,7-10,14-17,20-23,36,38H,6,11-13,18-19,24-32H2,1-3H3,(H,48,54)(H2,47,49,53). The van der Waals surface area contributed by atoms with Crippen LogP contribution in [-0.4, -0.2) is 71.2 Å². The Labute approximate surface area is 341 Å². The molecule has 0 bridgehead atoms. The Kier molecular flexibility index (Phi) is 15.7. The monoisotopic (exact) mass is 799 g/mol. The van der Waals surface area contributed by atoms with Gasteiger partial charge in [0.15, 0.2) is 0 Å². The molecule has 2 fully saturated rings. The topological polar surface area (TPSA) is 153 Å². The van der Waals surface area contributed by atoms with E-state index in [2.05, 4.69) is 10.3 Å². The molecule has 1 aliphatic carbocycles. The first-order chi connectivity index (χ1) is 27.8. The molecule has 58 heavy (non-hydrogen) atoms. The Morgan fingerprint density at radius 3 is 2.03 bits per heavy atom. The number of carbonyl (C=O) groups excluding carboxylic acids is 4. The highest BCUT2D eigenvalue weighted by molar-refractivity contribution is 5.98. The molecule has 3 aromatic carbocycles. The van der Waals surface area contributed by atoms with Crippen LogP contribution in [0.25, 0.3) is 0 Å². The lowest BCUT2D eigenvalue weighted by molar-refractivity contribution is -0.137. The third kappa shape index (κ3) is 13.3. The van der Waals surface area contributed by atoms with Gasteiger partial charge in [-0.25, -0.2) is 23.7 Å². The molecule has 5 rings (SSSR count). The smallest absolute Gasteiger partial charge is 0.437 e. The molecule has 0 spiro atoms. The molecule has 3 aromatic rings. The molecule has 1 heterocycles. The normalized spacial score (nSPS) is 16.5. The minimum Gasteiger partial charge on any atom is -0.444 e. The predicted molar refractivity (Wildman–Crippen MR) is 219 cm³/mol. The number of guanidine groups is 1. The Hall–Kier alpha value is -5.46. The zero-order valence-corrected chi connectivity index (χ0v) is 34.0. The lowest BCUT2D eigenvalue weighted by atomic mass is 9.61. The number of halogens is 1. The third-order valence-electron chi connectivity index (χ3n) is 11.1. The summed E-state index contributed by atoms with van der Waals surface area (Å²) in [6.07, 6.45) is 6.26. The molecular formula is C45H58FN5O7. The molecular weight excluding hydrogens is 742 g/mol. The highest BCUT2D eigenvalue weighted by atomic mass is 19.1. The van der Waals surface area contributed by atoms with Crippen molar-refractivity contribution in [3.05, 3.63) is 107 Å². The van der Waals surface area contributed by atoms with Gasteiger partial charge in [-0.3, -0.25) is 4.79 Å². The lowest BCUT2D eigenvalue weighted by Gasteiger charge is -2.49. The fraction of sp³-hybridized carbons (Fsp3) is 0.489. The fourth-order valence-corrected chi connectivity index (χ4v) is 8.07. The number of ether oxygens (including phenoxy) is 3. The summed E-state index contributed by atoms with van der Waals surface area (Å²) in [7, 11) is 0. The Morgan fingerprint density at radius 2 is 1.45 bits per heavy atom. The maximum atomic E-state index is 14.1. The molecule has 312 valence electrons. The van der Waals surface area contributed by atoms with E-state index in [0.717, 1.165) is 56.1 Å². The van der Waals surface area contributed by atoms with Gasteiger partial charge < -0.3 is 30.2 Å². The number of nitrogens with one attached hydrogen (secondary N) is 1. The van der Waals surface area contributed by atoms with Crippen LogP contribution in [-0.2, 0) is 38.6 Å². The molecule has 12 nitrogen and oxygen atoms in total. The Morgan fingerprint density at radius 1 is 0.862 bits per heavy atom. The van der Waals surface area contributed by atoms with Gasteiger partial charge >= 0.3 is 18.3 Å². The van der Waals surface area contributed by atoms with E-state index in [1.54, 1.807) is 32.9 Å². The number of benzene rings is 3. The first-order valence-corrected chi connectivity index (χ1v) is 20.4. The van der Waals surface area contributed by atoms with Crippen molar-refractivity contribution in [2.75, 3.05) is 19.6 Å². The van der Waals surface area contributed by atoms with Crippen LogP contribution in [0.5, 0.6) is 0 Å².